The van der Waals surface area contributed by atoms with Gasteiger partial charge < -0.3 is 10.1 Å². The lowest BCUT2D eigenvalue weighted by Crippen LogP contribution is -2.47. The van der Waals surface area contributed by atoms with Crippen LogP contribution in [0.15, 0.2) is 12.2 Å². The molecule has 11 heavy (non-hydrogen) atoms. The van der Waals surface area contributed by atoms with Crippen LogP contribution in [-0.4, -0.2) is 25.0 Å². The second-order valence-electron chi connectivity index (χ2n) is 2.26. The second-order valence-corrected chi connectivity index (χ2v) is 2.26. The fraction of sp³-hybridized carbons (Fsp3) is 0.429. The molecule has 1 aliphatic heterocycles. The van der Waals surface area contributed by atoms with Crippen LogP contribution >= 0.6 is 0 Å². The Kier molecular flexibility index (Phi) is 2.25. The molecule has 1 heterocycles. The van der Waals surface area contributed by atoms with E-state index < -0.39 is 5.97 Å². The quantitative estimate of drug-likeness (QED) is 0.335. The molecule has 1 N–H and O–H groups in total. The minimum atomic E-state index is -0.397. The van der Waals surface area contributed by atoms with Crippen molar-refractivity contribution < 1.29 is 14.3 Å². The van der Waals surface area contributed by atoms with E-state index in [-0.39, 0.29) is 11.9 Å². The van der Waals surface area contributed by atoms with Gasteiger partial charge in [-0.1, -0.05) is 6.08 Å². The monoisotopic (exact) mass is 155 g/mol. The molecule has 0 aromatic heterocycles. The van der Waals surface area contributed by atoms with Crippen molar-refractivity contribution in [1.29, 1.82) is 0 Å². The number of nitrogens with one attached hydrogen (secondary N) is 1. The van der Waals surface area contributed by atoms with Crippen molar-refractivity contribution in [3.8, 4) is 0 Å². The van der Waals surface area contributed by atoms with Crippen LogP contribution in [0.5, 0.6) is 0 Å². The topological polar surface area (TPSA) is 55.4 Å². The molecule has 1 unspecified atom stereocenters. The summed E-state index contributed by atoms with van der Waals surface area (Å²) in [6.45, 7) is 0. The van der Waals surface area contributed by atoms with E-state index in [0.717, 1.165) is 0 Å². The van der Waals surface area contributed by atoms with Crippen LogP contribution in [0.4, 0.5) is 0 Å². The highest BCUT2D eigenvalue weighted by Crippen LogP contribution is 2.04. The highest BCUT2D eigenvalue weighted by molar-refractivity contribution is 5.85. The van der Waals surface area contributed by atoms with Crippen LogP contribution in [-0.2, 0) is 14.3 Å². The molecule has 0 spiro atoms. The second kappa shape index (κ2) is 3.18. The Labute approximate surface area is 64.2 Å². The third-order valence-corrected chi connectivity index (χ3v) is 1.42. The molecule has 0 aromatic carbocycles. The molecule has 0 radical (unpaired) electrons. The van der Waals surface area contributed by atoms with Gasteiger partial charge in [0.25, 0.3) is 0 Å². The molecule has 4 nitrogen and oxygen atoms in total. The summed E-state index contributed by atoms with van der Waals surface area (Å²) in [6.07, 6.45) is 3.39. The first-order valence-corrected chi connectivity index (χ1v) is 3.28. The van der Waals surface area contributed by atoms with E-state index in [1.807, 2.05) is 0 Å². The van der Waals surface area contributed by atoms with Gasteiger partial charge in [-0.3, -0.25) is 4.79 Å². The zero-order chi connectivity index (χ0) is 8.27. The minimum Gasteiger partial charge on any atom is -0.466 e. The van der Waals surface area contributed by atoms with E-state index in [2.05, 4.69) is 10.1 Å². The number of amides is 1. The van der Waals surface area contributed by atoms with Crippen molar-refractivity contribution in [2.45, 2.75) is 12.5 Å². The van der Waals surface area contributed by atoms with Crippen LogP contribution in [0.2, 0.25) is 0 Å². The van der Waals surface area contributed by atoms with Crippen molar-refractivity contribution >= 4 is 11.9 Å². The molecular weight excluding hydrogens is 146 g/mol. The fourth-order valence-electron chi connectivity index (χ4n) is 0.764. The van der Waals surface area contributed by atoms with Gasteiger partial charge in [0, 0.05) is 6.08 Å². The molecule has 0 aromatic rings. The first-order chi connectivity index (χ1) is 5.22. The molecule has 1 atom stereocenters. The standard InChI is InChI=1S/C7H9NO3/c1-11-7(10)3-2-5-4-6(9)8-5/h2-3,5H,4H2,1H3,(H,8,9). The minimum absolute atomic E-state index is 0.0154. The van der Waals surface area contributed by atoms with Gasteiger partial charge in [-0.15, -0.1) is 0 Å². The zero-order valence-electron chi connectivity index (χ0n) is 6.16. The Balaban J connectivity index is 2.26. The normalized spacial score (nSPS) is 22.6. The van der Waals surface area contributed by atoms with Crippen molar-refractivity contribution in [1.82, 2.24) is 5.32 Å². The van der Waals surface area contributed by atoms with Gasteiger partial charge in [0.15, 0.2) is 0 Å². The highest BCUT2D eigenvalue weighted by atomic mass is 16.5. The number of carbonyl (C=O) groups excluding carboxylic acids is 2. The number of ether oxygens (including phenoxy) is 1. The number of rotatable bonds is 2. The molecular formula is C7H9NO3. The van der Waals surface area contributed by atoms with Gasteiger partial charge in [-0.25, -0.2) is 4.79 Å². The van der Waals surface area contributed by atoms with E-state index in [1.165, 1.54) is 13.2 Å². The first-order valence-electron chi connectivity index (χ1n) is 3.28. The summed E-state index contributed by atoms with van der Waals surface area (Å²) in [6, 6.07) is 0.0154. The summed E-state index contributed by atoms with van der Waals surface area (Å²) in [5.41, 5.74) is 0. The number of β-lactam (4-membered cyclic amide) rings is 1. The van der Waals surface area contributed by atoms with Crippen molar-refractivity contribution in [2.24, 2.45) is 0 Å². The summed E-state index contributed by atoms with van der Waals surface area (Å²) >= 11 is 0. The molecule has 1 aliphatic rings. The summed E-state index contributed by atoms with van der Waals surface area (Å²) in [4.78, 5) is 20.9. The maximum absolute atomic E-state index is 10.5. The van der Waals surface area contributed by atoms with Gasteiger partial charge in [0.05, 0.1) is 19.6 Å². The Bertz CT molecular complexity index is 202. The molecule has 0 bridgehead atoms. The Morgan fingerprint density at radius 3 is 2.91 bits per heavy atom. The van der Waals surface area contributed by atoms with Crippen LogP contribution in [0, 0.1) is 0 Å². The number of hydrogen-bond acceptors (Lipinski definition) is 3. The number of methoxy groups -OCH3 is 1. The molecule has 0 aliphatic carbocycles. The van der Waals surface area contributed by atoms with Gasteiger partial charge in [-0.2, -0.15) is 0 Å². The average molecular weight is 155 g/mol. The van der Waals surface area contributed by atoms with Gasteiger partial charge in [-0.05, 0) is 0 Å². The smallest absolute Gasteiger partial charge is 0.330 e. The van der Waals surface area contributed by atoms with Crippen LogP contribution < -0.4 is 5.32 Å². The fourth-order valence-corrected chi connectivity index (χ4v) is 0.764. The zero-order valence-corrected chi connectivity index (χ0v) is 6.16. The Morgan fingerprint density at radius 1 is 1.82 bits per heavy atom. The lowest BCUT2D eigenvalue weighted by atomic mass is 10.1. The van der Waals surface area contributed by atoms with Crippen molar-refractivity contribution in [3.63, 3.8) is 0 Å². The predicted molar refractivity (Wildman–Crippen MR) is 37.7 cm³/mol. The maximum Gasteiger partial charge on any atom is 0.330 e. The van der Waals surface area contributed by atoms with Crippen LogP contribution in [0.25, 0.3) is 0 Å². The third-order valence-electron chi connectivity index (χ3n) is 1.42. The highest BCUT2D eigenvalue weighted by Gasteiger charge is 2.22. The predicted octanol–water partition coefficient (Wildman–Crippen LogP) is -0.396. The van der Waals surface area contributed by atoms with E-state index in [0.29, 0.717) is 6.42 Å². The summed E-state index contributed by atoms with van der Waals surface area (Å²) in [5, 5.41) is 2.59. The Morgan fingerprint density at radius 2 is 2.45 bits per heavy atom. The largest absolute Gasteiger partial charge is 0.466 e. The molecule has 0 saturated carbocycles. The van der Waals surface area contributed by atoms with Crippen LogP contribution in [0.1, 0.15) is 6.42 Å². The Hall–Kier alpha value is -1.32. The average Bonchev–Trinajstić information content (AvgIpc) is 1.95. The number of esters is 1. The molecule has 4 heteroatoms. The summed E-state index contributed by atoms with van der Waals surface area (Å²) < 4.78 is 4.36. The molecule has 60 valence electrons. The number of carbonyl (C=O) groups is 2. The van der Waals surface area contributed by atoms with Crippen molar-refractivity contribution in [2.75, 3.05) is 7.11 Å². The lowest BCUT2D eigenvalue weighted by Gasteiger charge is -2.23. The summed E-state index contributed by atoms with van der Waals surface area (Å²) in [5.74, 6) is -0.379. The van der Waals surface area contributed by atoms with E-state index in [1.54, 1.807) is 6.08 Å². The molecule has 1 rings (SSSR count). The van der Waals surface area contributed by atoms with Gasteiger partial charge >= 0.3 is 5.97 Å². The maximum atomic E-state index is 10.5. The van der Waals surface area contributed by atoms with E-state index in [9.17, 15) is 9.59 Å². The van der Waals surface area contributed by atoms with E-state index in [4.69, 9.17) is 0 Å². The van der Waals surface area contributed by atoms with E-state index >= 15 is 0 Å². The van der Waals surface area contributed by atoms with Crippen LogP contribution in [0.3, 0.4) is 0 Å². The van der Waals surface area contributed by atoms with Crippen molar-refractivity contribution in [3.05, 3.63) is 12.2 Å². The first kappa shape index (κ1) is 7.78. The van der Waals surface area contributed by atoms with Gasteiger partial charge in [0.2, 0.25) is 5.91 Å². The van der Waals surface area contributed by atoms with Gasteiger partial charge in [0.1, 0.15) is 0 Å². The molecule has 1 fully saturated rings. The lowest BCUT2D eigenvalue weighted by molar-refractivity contribution is -0.135. The summed E-state index contributed by atoms with van der Waals surface area (Å²) in [7, 11) is 1.31. The number of hydrogen-bond donors (Lipinski definition) is 1. The third kappa shape index (κ3) is 2.07. The molecule has 1 saturated heterocycles. The molecule has 1 amide bonds. The SMILES string of the molecule is COC(=O)C=CC1CC(=O)N1.